The average molecular weight is 635 g/mol. The van der Waals surface area contributed by atoms with E-state index in [1.54, 1.807) is 20.8 Å². The molecule has 238 valence electrons. The van der Waals surface area contributed by atoms with Crippen LogP contribution in [0.5, 0.6) is 11.6 Å². The number of ketones is 1. The van der Waals surface area contributed by atoms with Gasteiger partial charge in [-0.1, -0.05) is 0 Å². The molecule has 1 aromatic carbocycles. The van der Waals surface area contributed by atoms with E-state index in [2.05, 4.69) is 15.2 Å². The van der Waals surface area contributed by atoms with Gasteiger partial charge in [-0.15, -0.1) is 5.10 Å². The lowest BCUT2D eigenvalue weighted by Gasteiger charge is -2.41. The molecule has 0 unspecified atom stereocenters. The Morgan fingerprint density at radius 2 is 1.88 bits per heavy atom. The number of carbonyl (C=O) groups excluding carboxylic acids is 2. The van der Waals surface area contributed by atoms with Crippen LogP contribution in [0.1, 0.15) is 53.9 Å². The number of carbonyl (C=O) groups is 2. The highest BCUT2D eigenvalue weighted by Gasteiger charge is 2.51. The lowest BCUT2D eigenvalue weighted by Crippen LogP contribution is -2.51. The number of amides is 1. The third-order valence-corrected chi connectivity index (χ3v) is 9.18. The molecule has 1 amide bonds. The number of nitrogens with one attached hydrogen (secondary N) is 1. The van der Waals surface area contributed by atoms with E-state index in [-0.39, 0.29) is 59.6 Å². The average Bonchev–Trinajstić information content (AvgIpc) is 3.49. The highest BCUT2D eigenvalue weighted by atomic mass is 32.2. The molecule has 1 aliphatic carbocycles. The first kappa shape index (κ1) is 32.4. The van der Waals surface area contributed by atoms with Gasteiger partial charge in [-0.2, -0.15) is 13.2 Å². The Morgan fingerprint density at radius 3 is 2.47 bits per heavy atom. The van der Waals surface area contributed by atoms with Gasteiger partial charge in [-0.25, -0.2) is 17.6 Å². The van der Waals surface area contributed by atoms with Gasteiger partial charge in [0, 0.05) is 24.8 Å². The maximum Gasteiger partial charge on any atom is 0.427 e. The van der Waals surface area contributed by atoms with Gasteiger partial charge >= 0.3 is 12.3 Å². The fourth-order valence-corrected chi connectivity index (χ4v) is 6.38. The van der Waals surface area contributed by atoms with Gasteiger partial charge in [-0.05, 0) is 65.7 Å². The fraction of sp³-hybridized carbons (Fsp3) is 0.593. The molecule has 1 aliphatic heterocycles. The van der Waals surface area contributed by atoms with Crippen molar-refractivity contribution in [2.75, 3.05) is 16.2 Å². The molecule has 2 heterocycles. The first-order valence-corrected chi connectivity index (χ1v) is 15.2. The van der Waals surface area contributed by atoms with Crippen molar-refractivity contribution in [1.29, 1.82) is 0 Å². The zero-order valence-electron chi connectivity index (χ0n) is 24.3. The van der Waals surface area contributed by atoms with Crippen LogP contribution in [0.15, 0.2) is 29.3 Å². The third kappa shape index (κ3) is 6.68. The van der Waals surface area contributed by atoms with Gasteiger partial charge in [-0.3, -0.25) is 19.1 Å². The number of anilines is 2. The van der Waals surface area contributed by atoms with Gasteiger partial charge in [0.25, 0.3) is 15.9 Å². The molecule has 1 N–H and O–H groups in total. The summed E-state index contributed by atoms with van der Waals surface area (Å²) in [5, 5.41) is 6.40. The predicted octanol–water partition coefficient (Wildman–Crippen LogP) is 5.24. The van der Waals surface area contributed by atoms with Crippen LogP contribution in [-0.4, -0.2) is 66.8 Å². The highest BCUT2D eigenvalue weighted by Crippen LogP contribution is 2.44. The number of fused-ring (bicyclic) bond motifs is 1. The van der Waals surface area contributed by atoms with E-state index in [9.17, 15) is 35.6 Å². The van der Waals surface area contributed by atoms with Crippen LogP contribution < -0.4 is 19.1 Å². The number of rotatable bonds is 11. The molecule has 4 rings (SSSR count). The molecule has 1 saturated carbocycles. The smallest absolute Gasteiger partial charge is 0.427 e. The molecule has 43 heavy (non-hydrogen) atoms. The Morgan fingerprint density at radius 1 is 1.21 bits per heavy atom. The first-order chi connectivity index (χ1) is 20.0. The number of benzene rings is 1. The summed E-state index contributed by atoms with van der Waals surface area (Å²) < 4.78 is 100. The Kier molecular flexibility index (Phi) is 8.91. The van der Waals surface area contributed by atoms with Gasteiger partial charge in [0.15, 0.2) is 4.90 Å². The lowest BCUT2D eigenvalue weighted by atomic mass is 10.0. The molecule has 0 radical (unpaired) electrons. The van der Waals surface area contributed by atoms with E-state index in [1.807, 2.05) is 0 Å². The number of sulfonamides is 1. The zero-order valence-corrected chi connectivity index (χ0v) is 25.1. The molecule has 16 heteroatoms. The fourth-order valence-electron chi connectivity index (χ4n) is 4.61. The molecular weight excluding hydrogens is 600 g/mol. The third-order valence-electron chi connectivity index (χ3n) is 7.30. The topological polar surface area (TPSA) is 129 Å². The number of nitrogens with zero attached hydrogens (tertiary/aromatic N) is 3. The minimum atomic E-state index is -4.84. The van der Waals surface area contributed by atoms with E-state index in [0.29, 0.717) is 20.4 Å². The minimum absolute atomic E-state index is 0.0260. The first-order valence-electron chi connectivity index (χ1n) is 13.8. The number of hydrogen-bond acceptors (Lipinski definition) is 8. The second-order valence-electron chi connectivity index (χ2n) is 10.9. The van der Waals surface area contributed by atoms with Crippen molar-refractivity contribution >= 4 is 33.3 Å². The van der Waals surface area contributed by atoms with Crippen molar-refractivity contribution in [1.82, 2.24) is 9.78 Å². The summed E-state index contributed by atoms with van der Waals surface area (Å²) in [4.78, 5) is 24.5. The summed E-state index contributed by atoms with van der Waals surface area (Å²) in [6, 6.07) is 2.97. The van der Waals surface area contributed by atoms with Crippen molar-refractivity contribution < 1.29 is 49.8 Å². The second-order valence-corrected chi connectivity index (χ2v) is 12.6. The number of ether oxygens (including phenoxy) is 3. The molecule has 1 fully saturated rings. The minimum Gasteiger partial charge on any atom is -0.486 e. The summed E-state index contributed by atoms with van der Waals surface area (Å²) in [6.07, 6.45) is -6.68. The van der Waals surface area contributed by atoms with Crippen LogP contribution in [-0.2, 0) is 26.1 Å². The monoisotopic (exact) mass is 634 g/mol. The van der Waals surface area contributed by atoms with Crippen molar-refractivity contribution in [2.24, 2.45) is 5.92 Å². The standard InChI is InChI=1S/C27H34F4N4O7S/c1-6-34-14-23(24(33-34)40-7-2)43(38,39)35-15(3)21(11-9-20(36)17-13-18(17)28)41-22-10-8-16(12-19(22)35)32-25(37)42-26(4,5)27(29,30)31/h8,10,12,14-15,17-18,21H,6-7,9,11,13H2,1-5H3,(H,32,37)/t15-,17+,18-,21+/m1/s1. The summed E-state index contributed by atoms with van der Waals surface area (Å²) in [5.41, 5.74) is -2.88. The van der Waals surface area contributed by atoms with Crippen molar-refractivity contribution in [3.05, 3.63) is 24.4 Å². The van der Waals surface area contributed by atoms with E-state index in [0.717, 1.165) is 4.31 Å². The largest absolute Gasteiger partial charge is 0.486 e. The molecule has 2 aliphatic rings. The van der Waals surface area contributed by atoms with Crippen LogP contribution in [0.4, 0.5) is 33.7 Å². The van der Waals surface area contributed by atoms with Gasteiger partial charge < -0.3 is 14.2 Å². The molecule has 1 aromatic heterocycles. The van der Waals surface area contributed by atoms with Crippen LogP contribution >= 0.6 is 0 Å². The number of Topliss-reactive ketones (excluding diaryl/α,β-unsaturated/α-hetero) is 1. The molecule has 0 spiro atoms. The van der Waals surface area contributed by atoms with E-state index in [4.69, 9.17) is 9.47 Å². The van der Waals surface area contributed by atoms with Gasteiger partial charge in [0.2, 0.25) is 5.60 Å². The van der Waals surface area contributed by atoms with Crippen molar-refractivity contribution in [2.45, 2.75) is 95.4 Å². The summed E-state index contributed by atoms with van der Waals surface area (Å²) >= 11 is 0. The number of alkyl halides is 4. The Bertz CT molecular complexity index is 1480. The van der Waals surface area contributed by atoms with Crippen LogP contribution in [0.2, 0.25) is 0 Å². The van der Waals surface area contributed by atoms with Gasteiger partial charge in [0.1, 0.15) is 23.8 Å². The van der Waals surface area contributed by atoms with E-state index < -0.39 is 52.1 Å². The highest BCUT2D eigenvalue weighted by molar-refractivity contribution is 7.93. The lowest BCUT2D eigenvalue weighted by molar-refractivity contribution is -0.242. The normalized spacial score (nSPS) is 21.9. The zero-order chi connectivity index (χ0) is 31.9. The van der Waals surface area contributed by atoms with Crippen molar-refractivity contribution in [3.8, 4) is 11.6 Å². The second kappa shape index (κ2) is 11.8. The van der Waals surface area contributed by atoms with Crippen molar-refractivity contribution in [3.63, 3.8) is 0 Å². The quantitative estimate of drug-likeness (QED) is 0.332. The Labute approximate surface area is 246 Å². The Balaban J connectivity index is 1.71. The predicted molar refractivity (Wildman–Crippen MR) is 147 cm³/mol. The van der Waals surface area contributed by atoms with Crippen LogP contribution in [0, 0.1) is 5.92 Å². The summed E-state index contributed by atoms with van der Waals surface area (Å²) in [7, 11) is -4.44. The molecule has 0 bridgehead atoms. The molecule has 2 aromatic rings. The van der Waals surface area contributed by atoms with Crippen LogP contribution in [0.3, 0.4) is 0 Å². The number of aromatic nitrogens is 2. The molecular formula is C27H34F4N4O7S. The maximum atomic E-state index is 14.2. The number of hydrogen-bond donors (Lipinski definition) is 1. The number of aryl methyl sites for hydroxylation is 1. The molecule has 0 saturated heterocycles. The van der Waals surface area contributed by atoms with Crippen LogP contribution in [0.25, 0.3) is 0 Å². The maximum absolute atomic E-state index is 14.2. The summed E-state index contributed by atoms with van der Waals surface area (Å²) in [5.74, 6) is -0.989. The molecule has 4 atom stereocenters. The Hall–Kier alpha value is -3.56. The van der Waals surface area contributed by atoms with Gasteiger partial charge in [0.05, 0.1) is 24.3 Å². The van der Waals surface area contributed by atoms with E-state index >= 15 is 0 Å². The molecule has 11 nitrogen and oxygen atoms in total. The van der Waals surface area contributed by atoms with E-state index in [1.165, 1.54) is 29.1 Å². The summed E-state index contributed by atoms with van der Waals surface area (Å²) in [6.45, 7) is 6.85. The SMILES string of the molecule is CCOc1nn(CC)cc1S(=O)(=O)N1c2cc(NC(=O)OC(C)(C)C(F)(F)F)ccc2O[C@@H](CCC(=O)[C@H]2C[C@H]2F)[C@H]1C. The number of halogens is 4.